The summed E-state index contributed by atoms with van der Waals surface area (Å²) in [5.41, 5.74) is 1.09. The predicted molar refractivity (Wildman–Crippen MR) is 62.5 cm³/mol. The van der Waals surface area contributed by atoms with Gasteiger partial charge in [0.25, 0.3) is 0 Å². The van der Waals surface area contributed by atoms with Gasteiger partial charge < -0.3 is 9.67 Å². The van der Waals surface area contributed by atoms with E-state index in [2.05, 4.69) is 4.98 Å². The summed E-state index contributed by atoms with van der Waals surface area (Å²) in [5.74, 6) is 0.318. The van der Waals surface area contributed by atoms with E-state index in [1.54, 1.807) is 6.20 Å². The van der Waals surface area contributed by atoms with Crippen molar-refractivity contribution in [3.05, 3.63) is 48.0 Å². The summed E-state index contributed by atoms with van der Waals surface area (Å²) < 4.78 is 1.89. The maximum absolute atomic E-state index is 11.0. The van der Waals surface area contributed by atoms with E-state index >= 15 is 0 Å². The Kier molecular flexibility index (Phi) is 2.21. The summed E-state index contributed by atoms with van der Waals surface area (Å²) >= 11 is 0. The van der Waals surface area contributed by atoms with Crippen molar-refractivity contribution in [3.63, 3.8) is 0 Å². The number of aromatic carboxylic acids is 1. The Balaban J connectivity index is 2.11. The molecule has 1 aromatic heterocycles. The minimum Gasteiger partial charge on any atom is -0.476 e. The molecule has 0 aliphatic heterocycles. The minimum absolute atomic E-state index is 0.121. The lowest BCUT2D eigenvalue weighted by Gasteiger charge is -2.05. The average Bonchev–Trinajstić information content (AvgIpc) is 3.09. The molecule has 0 bridgehead atoms. The van der Waals surface area contributed by atoms with Crippen LogP contribution in [0.1, 0.15) is 35.1 Å². The Bertz CT molecular complexity index is 556. The first-order chi connectivity index (χ1) is 8.25. The number of aromatic nitrogens is 2. The molecule has 0 atom stereocenters. The molecule has 3 rings (SSSR count). The van der Waals surface area contributed by atoms with E-state index in [4.69, 9.17) is 5.11 Å². The molecule has 86 valence electrons. The summed E-state index contributed by atoms with van der Waals surface area (Å²) in [6.07, 6.45) is 3.80. The third kappa shape index (κ3) is 1.82. The Morgan fingerprint density at radius 3 is 2.59 bits per heavy atom. The first-order valence-corrected chi connectivity index (χ1v) is 5.63. The van der Waals surface area contributed by atoms with Crippen LogP contribution in [0.2, 0.25) is 0 Å². The number of benzene rings is 1. The topological polar surface area (TPSA) is 55.1 Å². The van der Waals surface area contributed by atoms with Gasteiger partial charge in [0.1, 0.15) is 5.82 Å². The number of hydrogen-bond acceptors (Lipinski definition) is 2. The standard InChI is InChI=1S/C13H12N2O2/c16-13(17)11-8-15(10-4-2-1-3-5-10)12(14-11)9-6-7-9/h1-5,8-9H,6-7H2,(H,16,17). The van der Waals surface area contributed by atoms with Gasteiger partial charge in [-0.1, -0.05) is 18.2 Å². The summed E-state index contributed by atoms with van der Waals surface area (Å²) in [5, 5.41) is 9.00. The van der Waals surface area contributed by atoms with Crippen LogP contribution in [0.4, 0.5) is 0 Å². The fourth-order valence-corrected chi connectivity index (χ4v) is 1.92. The highest BCUT2D eigenvalue weighted by Gasteiger charge is 2.30. The average molecular weight is 228 g/mol. The van der Waals surface area contributed by atoms with Gasteiger partial charge in [0.15, 0.2) is 5.69 Å². The third-order valence-electron chi connectivity index (χ3n) is 2.93. The molecule has 1 aliphatic rings. The number of carboxylic acids is 1. The van der Waals surface area contributed by atoms with Crippen LogP contribution in [0, 0.1) is 0 Å². The maximum atomic E-state index is 11.0. The molecule has 1 N–H and O–H groups in total. The summed E-state index contributed by atoms with van der Waals surface area (Å²) in [7, 11) is 0. The lowest BCUT2D eigenvalue weighted by Crippen LogP contribution is -1.97. The molecular formula is C13H12N2O2. The summed E-state index contributed by atoms with van der Waals surface area (Å²) in [6, 6.07) is 9.73. The van der Waals surface area contributed by atoms with E-state index in [1.807, 2.05) is 34.9 Å². The summed E-state index contributed by atoms with van der Waals surface area (Å²) in [4.78, 5) is 15.2. The molecule has 0 radical (unpaired) electrons. The predicted octanol–water partition coefficient (Wildman–Crippen LogP) is 2.45. The van der Waals surface area contributed by atoms with Crippen molar-refractivity contribution in [3.8, 4) is 5.69 Å². The smallest absolute Gasteiger partial charge is 0.356 e. The first-order valence-electron chi connectivity index (χ1n) is 5.63. The van der Waals surface area contributed by atoms with Gasteiger partial charge in [0, 0.05) is 17.8 Å². The van der Waals surface area contributed by atoms with E-state index < -0.39 is 5.97 Å². The number of carbonyl (C=O) groups is 1. The van der Waals surface area contributed by atoms with Gasteiger partial charge in [-0.05, 0) is 25.0 Å². The summed E-state index contributed by atoms with van der Waals surface area (Å²) in [6.45, 7) is 0. The van der Waals surface area contributed by atoms with Crippen LogP contribution in [0.5, 0.6) is 0 Å². The number of carboxylic acid groups (broad SMARTS) is 1. The molecule has 0 amide bonds. The van der Waals surface area contributed by atoms with Gasteiger partial charge in [-0.2, -0.15) is 0 Å². The van der Waals surface area contributed by atoms with Crippen LogP contribution >= 0.6 is 0 Å². The quantitative estimate of drug-likeness (QED) is 0.877. The highest BCUT2D eigenvalue weighted by molar-refractivity contribution is 5.85. The normalized spacial score (nSPS) is 14.8. The third-order valence-corrected chi connectivity index (χ3v) is 2.93. The fraction of sp³-hybridized carbons (Fsp3) is 0.231. The van der Waals surface area contributed by atoms with Crippen LogP contribution in [-0.4, -0.2) is 20.6 Å². The van der Waals surface area contributed by atoms with Crippen LogP contribution in [0.3, 0.4) is 0 Å². The van der Waals surface area contributed by atoms with Crippen molar-refractivity contribution in [2.45, 2.75) is 18.8 Å². The zero-order valence-corrected chi connectivity index (χ0v) is 9.21. The SMILES string of the molecule is O=C(O)c1cn(-c2ccccc2)c(C2CC2)n1. The molecule has 4 nitrogen and oxygen atoms in total. The van der Waals surface area contributed by atoms with Crippen LogP contribution < -0.4 is 0 Å². The zero-order chi connectivity index (χ0) is 11.8. The Morgan fingerprint density at radius 1 is 1.29 bits per heavy atom. The molecule has 1 aliphatic carbocycles. The highest BCUT2D eigenvalue weighted by atomic mass is 16.4. The van der Waals surface area contributed by atoms with Gasteiger partial charge >= 0.3 is 5.97 Å². The van der Waals surface area contributed by atoms with E-state index in [1.165, 1.54) is 0 Å². The molecule has 1 heterocycles. The van der Waals surface area contributed by atoms with Crippen LogP contribution in [0.15, 0.2) is 36.5 Å². The van der Waals surface area contributed by atoms with Gasteiger partial charge in [-0.3, -0.25) is 0 Å². The van der Waals surface area contributed by atoms with Gasteiger partial charge in [-0.25, -0.2) is 9.78 Å². The molecule has 1 saturated carbocycles. The lowest BCUT2D eigenvalue weighted by molar-refractivity contribution is 0.0691. The second-order valence-corrected chi connectivity index (χ2v) is 4.27. The van der Waals surface area contributed by atoms with Crippen molar-refractivity contribution >= 4 is 5.97 Å². The number of imidazole rings is 1. The Morgan fingerprint density at radius 2 is 2.00 bits per heavy atom. The van der Waals surface area contributed by atoms with E-state index in [9.17, 15) is 4.79 Å². The van der Waals surface area contributed by atoms with Crippen LogP contribution in [-0.2, 0) is 0 Å². The van der Waals surface area contributed by atoms with Gasteiger partial charge in [-0.15, -0.1) is 0 Å². The maximum Gasteiger partial charge on any atom is 0.356 e. The second-order valence-electron chi connectivity index (χ2n) is 4.27. The van der Waals surface area contributed by atoms with E-state index in [0.717, 1.165) is 24.4 Å². The first kappa shape index (κ1) is 10.1. The number of nitrogens with zero attached hydrogens (tertiary/aromatic N) is 2. The molecule has 17 heavy (non-hydrogen) atoms. The zero-order valence-electron chi connectivity index (χ0n) is 9.21. The Hall–Kier alpha value is -2.10. The molecular weight excluding hydrogens is 216 g/mol. The fourth-order valence-electron chi connectivity index (χ4n) is 1.92. The molecule has 1 aromatic carbocycles. The van der Waals surface area contributed by atoms with Crippen molar-refractivity contribution in [1.29, 1.82) is 0 Å². The number of rotatable bonds is 3. The van der Waals surface area contributed by atoms with Gasteiger partial charge in [0.2, 0.25) is 0 Å². The van der Waals surface area contributed by atoms with Crippen molar-refractivity contribution < 1.29 is 9.90 Å². The monoisotopic (exact) mass is 228 g/mol. The molecule has 4 heteroatoms. The largest absolute Gasteiger partial charge is 0.476 e. The van der Waals surface area contributed by atoms with E-state index in [-0.39, 0.29) is 5.69 Å². The van der Waals surface area contributed by atoms with Crippen molar-refractivity contribution in [2.24, 2.45) is 0 Å². The number of hydrogen-bond donors (Lipinski definition) is 1. The molecule has 0 unspecified atom stereocenters. The molecule has 0 saturated heterocycles. The molecule has 1 fully saturated rings. The molecule has 0 spiro atoms. The lowest BCUT2D eigenvalue weighted by atomic mass is 10.3. The van der Waals surface area contributed by atoms with Crippen molar-refractivity contribution in [2.75, 3.05) is 0 Å². The highest BCUT2D eigenvalue weighted by Crippen LogP contribution is 2.40. The molecule has 2 aromatic rings. The second kappa shape index (κ2) is 3.73. The Labute approximate surface area is 98.5 Å². The minimum atomic E-state index is -0.971. The van der Waals surface area contributed by atoms with Crippen molar-refractivity contribution in [1.82, 2.24) is 9.55 Å². The van der Waals surface area contributed by atoms with Gasteiger partial charge in [0.05, 0.1) is 0 Å². The van der Waals surface area contributed by atoms with E-state index in [0.29, 0.717) is 5.92 Å². The number of para-hydroxylation sites is 1. The van der Waals surface area contributed by atoms with Crippen LogP contribution in [0.25, 0.3) is 5.69 Å².